The zero-order valence-electron chi connectivity index (χ0n) is 17.6. The van der Waals surface area contributed by atoms with Crippen LogP contribution in [0.5, 0.6) is 0 Å². The van der Waals surface area contributed by atoms with Gasteiger partial charge in [0.25, 0.3) is 0 Å². The van der Waals surface area contributed by atoms with E-state index in [2.05, 4.69) is 9.96 Å². The molecule has 0 aliphatic rings. The van der Waals surface area contributed by atoms with E-state index in [9.17, 15) is 25.0 Å². The molecule has 0 aromatic rings. The normalized spacial score (nSPS) is 14.0. The van der Waals surface area contributed by atoms with Crippen molar-refractivity contribution in [1.29, 1.82) is 0 Å². The molecular formula is C15H33B2N3O7Si. The van der Waals surface area contributed by atoms with E-state index in [0.717, 1.165) is 7.11 Å². The van der Waals surface area contributed by atoms with E-state index in [1.807, 2.05) is 19.6 Å². The predicted octanol–water partition coefficient (Wildman–Crippen LogP) is 0.431. The van der Waals surface area contributed by atoms with E-state index in [1.165, 1.54) is 17.9 Å². The summed E-state index contributed by atoms with van der Waals surface area (Å²) in [5.74, 6) is -0.970. The zero-order chi connectivity index (χ0) is 21.9. The van der Waals surface area contributed by atoms with Crippen molar-refractivity contribution in [2.75, 3.05) is 20.2 Å². The number of carbonyl (C=O) groups excluding carboxylic acids is 1. The molecule has 0 radical (unpaired) electrons. The minimum Gasteiger partial charge on any atom is -0.550 e. The number of nitrogens with one attached hydrogen (secondary N) is 1. The second kappa shape index (κ2) is 12.9. The Morgan fingerprint density at radius 2 is 1.96 bits per heavy atom. The first-order valence-electron chi connectivity index (χ1n) is 9.30. The smallest absolute Gasteiger partial charge is 0.383 e. The molecule has 0 spiro atoms. The van der Waals surface area contributed by atoms with Gasteiger partial charge in [-0.25, -0.2) is 4.79 Å². The Bertz CT molecular complexity index is 518. The van der Waals surface area contributed by atoms with Gasteiger partial charge in [-0.05, 0) is 65.3 Å². The molecule has 0 saturated heterocycles. The van der Waals surface area contributed by atoms with Crippen LogP contribution in [0.3, 0.4) is 0 Å². The molecule has 0 heterocycles. The number of hydrogen-bond donors (Lipinski definition) is 3. The van der Waals surface area contributed by atoms with E-state index in [4.69, 9.17) is 4.43 Å². The topological polar surface area (TPSA) is 134 Å². The Balaban J connectivity index is 5.47. The maximum absolute atomic E-state index is 12.1. The van der Waals surface area contributed by atoms with Crippen LogP contribution >= 0.6 is 0 Å². The fourth-order valence-electron chi connectivity index (χ4n) is 2.60. The summed E-state index contributed by atoms with van der Waals surface area (Å²) in [6, 6.07) is -2.57. The van der Waals surface area contributed by atoms with E-state index in [0.29, 0.717) is 13.0 Å². The molecule has 2 atom stereocenters. The van der Waals surface area contributed by atoms with Crippen molar-refractivity contribution in [1.82, 2.24) is 10.0 Å². The summed E-state index contributed by atoms with van der Waals surface area (Å²) in [5.41, 5.74) is 0. The molecular weight excluding hydrogens is 384 g/mol. The van der Waals surface area contributed by atoms with Gasteiger partial charge in [0.1, 0.15) is 0 Å². The van der Waals surface area contributed by atoms with Gasteiger partial charge in [0, 0.05) is 4.92 Å². The SMILES string of the molecule is COC(=O)C(C(C/C=C/O[Si](C)(C)C)N(CCCNB(C)O)B(C)O)[N+](=O)[O-]. The Morgan fingerprint density at radius 1 is 1.36 bits per heavy atom. The highest BCUT2D eigenvalue weighted by Gasteiger charge is 2.44. The van der Waals surface area contributed by atoms with Crippen LogP contribution in [0.15, 0.2) is 12.3 Å². The lowest BCUT2D eigenvalue weighted by atomic mass is 9.80. The molecule has 13 heteroatoms. The van der Waals surface area contributed by atoms with Crippen LogP contribution in [0.25, 0.3) is 0 Å². The van der Waals surface area contributed by atoms with Gasteiger partial charge in [-0.3, -0.25) is 10.1 Å². The average Bonchev–Trinajstić information content (AvgIpc) is 2.55. The average molecular weight is 417 g/mol. The Labute approximate surface area is 168 Å². The van der Waals surface area contributed by atoms with Crippen LogP contribution in [0.4, 0.5) is 0 Å². The number of rotatable bonds is 14. The van der Waals surface area contributed by atoms with E-state index in [-0.39, 0.29) is 13.0 Å². The molecule has 160 valence electrons. The van der Waals surface area contributed by atoms with Crippen molar-refractivity contribution in [3.8, 4) is 0 Å². The van der Waals surface area contributed by atoms with Crippen molar-refractivity contribution < 1.29 is 28.9 Å². The lowest BCUT2D eigenvalue weighted by Crippen LogP contribution is -2.56. The molecule has 0 aliphatic heterocycles. The molecule has 0 fully saturated rings. The molecule has 0 amide bonds. The number of ether oxygens (including phenoxy) is 1. The maximum atomic E-state index is 12.1. The van der Waals surface area contributed by atoms with E-state index in [1.54, 1.807) is 12.9 Å². The van der Waals surface area contributed by atoms with Crippen LogP contribution in [-0.2, 0) is 14.0 Å². The first-order valence-corrected chi connectivity index (χ1v) is 12.7. The van der Waals surface area contributed by atoms with Crippen LogP contribution < -0.4 is 5.23 Å². The molecule has 0 bridgehead atoms. The van der Waals surface area contributed by atoms with Gasteiger partial charge in [0.05, 0.1) is 19.4 Å². The Hall–Kier alpha value is -1.40. The number of esters is 1. The predicted molar refractivity (Wildman–Crippen MR) is 112 cm³/mol. The molecule has 0 aliphatic carbocycles. The van der Waals surface area contributed by atoms with Gasteiger partial charge >= 0.3 is 26.1 Å². The lowest BCUT2D eigenvalue weighted by Gasteiger charge is -2.32. The van der Waals surface area contributed by atoms with Crippen LogP contribution in [0.2, 0.25) is 33.3 Å². The molecule has 0 saturated carbocycles. The van der Waals surface area contributed by atoms with Crippen molar-refractivity contribution >= 4 is 28.4 Å². The monoisotopic (exact) mass is 417 g/mol. The third-order valence-electron chi connectivity index (χ3n) is 3.87. The first-order chi connectivity index (χ1) is 12.9. The number of nitrogens with zero attached hydrogens (tertiary/aromatic N) is 2. The molecule has 3 N–H and O–H groups in total. The minimum absolute atomic E-state index is 0.125. The fraction of sp³-hybridized carbons (Fsp3) is 0.800. The lowest BCUT2D eigenvalue weighted by molar-refractivity contribution is -0.517. The molecule has 0 aromatic heterocycles. The quantitative estimate of drug-likeness (QED) is 0.0919. The molecule has 0 aromatic carbocycles. The highest BCUT2D eigenvalue weighted by molar-refractivity contribution is 6.69. The van der Waals surface area contributed by atoms with Gasteiger partial charge in [0.15, 0.2) is 0 Å². The van der Waals surface area contributed by atoms with E-state index >= 15 is 0 Å². The summed E-state index contributed by atoms with van der Waals surface area (Å²) in [6.07, 6.45) is 3.77. The van der Waals surface area contributed by atoms with E-state index < -0.39 is 45.4 Å². The molecule has 28 heavy (non-hydrogen) atoms. The second-order valence-electron chi connectivity index (χ2n) is 7.51. The number of methoxy groups -OCH3 is 1. The van der Waals surface area contributed by atoms with Crippen molar-refractivity contribution in [2.45, 2.75) is 58.2 Å². The fourth-order valence-corrected chi connectivity index (χ4v) is 3.10. The summed E-state index contributed by atoms with van der Waals surface area (Å²) in [7, 11) is -2.40. The summed E-state index contributed by atoms with van der Waals surface area (Å²) in [5, 5.41) is 33.9. The largest absolute Gasteiger partial charge is 0.550 e. The van der Waals surface area contributed by atoms with Crippen LogP contribution in [-0.4, -0.2) is 80.5 Å². The Kier molecular flexibility index (Phi) is 12.3. The maximum Gasteiger partial charge on any atom is 0.383 e. The summed E-state index contributed by atoms with van der Waals surface area (Å²) < 4.78 is 10.2. The highest BCUT2D eigenvalue weighted by Crippen LogP contribution is 2.17. The third kappa shape index (κ3) is 10.8. The Morgan fingerprint density at radius 3 is 2.39 bits per heavy atom. The van der Waals surface area contributed by atoms with Crippen molar-refractivity contribution in [2.24, 2.45) is 0 Å². The highest BCUT2D eigenvalue weighted by atomic mass is 28.4. The first kappa shape index (κ1) is 26.6. The van der Waals surface area contributed by atoms with Gasteiger partial charge in [-0.15, -0.1) is 0 Å². The summed E-state index contributed by atoms with van der Waals surface area (Å²) in [6.45, 7) is 9.81. The van der Waals surface area contributed by atoms with Crippen LogP contribution in [0, 0.1) is 10.1 Å². The minimum atomic E-state index is -1.80. The van der Waals surface area contributed by atoms with Crippen LogP contribution in [0.1, 0.15) is 12.8 Å². The van der Waals surface area contributed by atoms with Gasteiger partial charge in [-0.2, -0.15) is 0 Å². The van der Waals surface area contributed by atoms with Gasteiger partial charge < -0.3 is 29.2 Å². The summed E-state index contributed by atoms with van der Waals surface area (Å²) in [4.78, 5) is 24.5. The number of nitro groups is 1. The zero-order valence-corrected chi connectivity index (χ0v) is 18.6. The third-order valence-corrected chi connectivity index (χ3v) is 4.71. The van der Waals surface area contributed by atoms with Gasteiger partial charge in [0.2, 0.25) is 8.32 Å². The second-order valence-corrected chi connectivity index (χ2v) is 12.0. The molecule has 2 unspecified atom stereocenters. The van der Waals surface area contributed by atoms with Crippen molar-refractivity contribution in [3.63, 3.8) is 0 Å². The molecule has 10 nitrogen and oxygen atoms in total. The van der Waals surface area contributed by atoms with Gasteiger partial charge in [-0.1, -0.05) is 0 Å². The number of hydrogen-bond acceptors (Lipinski definition) is 9. The van der Waals surface area contributed by atoms with Crippen molar-refractivity contribution in [3.05, 3.63) is 22.5 Å². The molecule has 0 rings (SSSR count). The number of carbonyl (C=O) groups is 1. The summed E-state index contributed by atoms with van der Waals surface area (Å²) >= 11 is 0. The standard InChI is InChI=1S/C15H33B2N3O7Si/c1-16(22)18-10-8-11-19(17(2)23)13(9-7-12-27-28(4,5)6)14(20(24)25)15(21)26-3/h7,12-14,18,22-23H,8-11H2,1-6H3/b12-7+.